The number of carbonyl (C=O) groups is 2. The first-order valence-corrected chi connectivity index (χ1v) is 12.2. The van der Waals surface area contributed by atoms with E-state index in [0.717, 1.165) is 54.7 Å². The molecule has 2 aliphatic heterocycles. The van der Waals surface area contributed by atoms with Crippen LogP contribution in [0.4, 0.5) is 0 Å². The molecule has 0 amide bonds. The fraction of sp³-hybridized carbons (Fsp3) is 0.379. The SMILES string of the molecule is C=C1CC(CCCCOc2ccc(-c3ccc(OCCCC4CC(=C)C(=O)O4)cc3)cc2)OC1=O. The molecular formula is C29H32O6. The summed E-state index contributed by atoms with van der Waals surface area (Å²) in [7, 11) is 0. The van der Waals surface area contributed by atoms with Crippen molar-refractivity contribution in [3.05, 3.63) is 72.8 Å². The van der Waals surface area contributed by atoms with Crippen molar-refractivity contribution in [2.75, 3.05) is 13.2 Å². The molecule has 35 heavy (non-hydrogen) atoms. The molecule has 2 unspecified atom stereocenters. The Kier molecular flexibility index (Phi) is 8.24. The first-order valence-electron chi connectivity index (χ1n) is 12.2. The van der Waals surface area contributed by atoms with Crippen molar-refractivity contribution in [3.63, 3.8) is 0 Å². The van der Waals surface area contributed by atoms with Crippen LogP contribution in [0.1, 0.15) is 44.9 Å². The Bertz CT molecular complexity index is 1020. The lowest BCUT2D eigenvalue weighted by Gasteiger charge is -2.11. The zero-order chi connectivity index (χ0) is 24.6. The third kappa shape index (κ3) is 6.98. The van der Waals surface area contributed by atoms with Gasteiger partial charge in [-0.25, -0.2) is 9.59 Å². The monoisotopic (exact) mass is 476 g/mol. The van der Waals surface area contributed by atoms with Gasteiger partial charge in [-0.1, -0.05) is 37.4 Å². The van der Waals surface area contributed by atoms with Crippen LogP contribution >= 0.6 is 0 Å². The molecule has 0 bridgehead atoms. The van der Waals surface area contributed by atoms with Gasteiger partial charge in [-0.3, -0.25) is 0 Å². The van der Waals surface area contributed by atoms with Gasteiger partial charge in [0, 0.05) is 24.0 Å². The Hall–Kier alpha value is -3.54. The highest BCUT2D eigenvalue weighted by Crippen LogP contribution is 2.26. The van der Waals surface area contributed by atoms with Crippen molar-refractivity contribution in [1.82, 2.24) is 0 Å². The maximum Gasteiger partial charge on any atom is 0.333 e. The summed E-state index contributed by atoms with van der Waals surface area (Å²) in [5.74, 6) is 1.12. The van der Waals surface area contributed by atoms with E-state index in [2.05, 4.69) is 13.2 Å². The van der Waals surface area contributed by atoms with Gasteiger partial charge in [0.25, 0.3) is 0 Å². The van der Waals surface area contributed by atoms with Crippen molar-refractivity contribution >= 4 is 11.9 Å². The van der Waals surface area contributed by atoms with E-state index in [0.29, 0.717) is 37.2 Å². The summed E-state index contributed by atoms with van der Waals surface area (Å²) in [6.45, 7) is 8.63. The van der Waals surface area contributed by atoms with E-state index in [4.69, 9.17) is 18.9 Å². The highest BCUT2D eigenvalue weighted by atomic mass is 16.6. The average Bonchev–Trinajstić information content (AvgIpc) is 3.36. The standard InChI is InChI=1S/C29H32O6/c1-20-18-26(34-28(20)30)6-3-4-16-32-24-12-8-22(9-13-24)23-10-14-25(15-11-23)33-17-5-7-27-19-21(2)29(31)35-27/h8-15,26-27H,1-7,16-19H2. The lowest BCUT2D eigenvalue weighted by molar-refractivity contribution is -0.140. The number of carbonyl (C=O) groups excluding carboxylic acids is 2. The lowest BCUT2D eigenvalue weighted by atomic mass is 10.1. The molecule has 2 fully saturated rings. The van der Waals surface area contributed by atoms with Crippen molar-refractivity contribution < 1.29 is 28.5 Å². The van der Waals surface area contributed by atoms with Gasteiger partial charge in [0.1, 0.15) is 23.7 Å². The van der Waals surface area contributed by atoms with Crippen LogP contribution in [-0.4, -0.2) is 37.4 Å². The molecule has 184 valence electrons. The van der Waals surface area contributed by atoms with Gasteiger partial charge in [0.15, 0.2) is 0 Å². The maximum absolute atomic E-state index is 11.4. The van der Waals surface area contributed by atoms with E-state index in [9.17, 15) is 9.59 Å². The molecule has 2 aromatic carbocycles. The fourth-order valence-electron chi connectivity index (χ4n) is 4.24. The summed E-state index contributed by atoms with van der Waals surface area (Å²) in [5, 5.41) is 0. The minimum atomic E-state index is -0.275. The van der Waals surface area contributed by atoms with Crippen molar-refractivity contribution in [1.29, 1.82) is 0 Å². The molecule has 2 aliphatic rings. The highest BCUT2D eigenvalue weighted by molar-refractivity contribution is 5.90. The van der Waals surface area contributed by atoms with Gasteiger partial charge in [-0.15, -0.1) is 0 Å². The van der Waals surface area contributed by atoms with E-state index in [-0.39, 0.29) is 24.1 Å². The minimum Gasteiger partial charge on any atom is -0.494 e. The van der Waals surface area contributed by atoms with Gasteiger partial charge in [0.2, 0.25) is 0 Å². The molecule has 0 aliphatic carbocycles. The predicted octanol–water partition coefficient (Wildman–Crippen LogP) is 5.81. The second-order valence-corrected chi connectivity index (χ2v) is 9.05. The van der Waals surface area contributed by atoms with Gasteiger partial charge in [0.05, 0.1) is 13.2 Å². The Labute approximate surface area is 206 Å². The van der Waals surface area contributed by atoms with Gasteiger partial charge in [-0.2, -0.15) is 0 Å². The Balaban J connectivity index is 1.13. The number of rotatable bonds is 12. The quantitative estimate of drug-likeness (QED) is 0.219. The Morgan fingerprint density at radius 3 is 1.51 bits per heavy atom. The van der Waals surface area contributed by atoms with Crippen LogP contribution in [0.5, 0.6) is 11.5 Å². The molecule has 6 nitrogen and oxygen atoms in total. The summed E-state index contributed by atoms with van der Waals surface area (Å²) in [6.07, 6.45) is 5.47. The van der Waals surface area contributed by atoms with Crippen LogP contribution in [0.2, 0.25) is 0 Å². The van der Waals surface area contributed by atoms with E-state index in [1.807, 2.05) is 48.5 Å². The van der Waals surface area contributed by atoms with Crippen LogP contribution in [0, 0.1) is 0 Å². The molecular weight excluding hydrogens is 444 g/mol. The minimum absolute atomic E-state index is 0.0228. The molecule has 0 aromatic heterocycles. The zero-order valence-corrected chi connectivity index (χ0v) is 20.0. The highest BCUT2D eigenvalue weighted by Gasteiger charge is 2.27. The summed E-state index contributed by atoms with van der Waals surface area (Å²) >= 11 is 0. The molecule has 2 atom stereocenters. The topological polar surface area (TPSA) is 71.1 Å². The third-order valence-electron chi connectivity index (χ3n) is 6.24. The van der Waals surface area contributed by atoms with E-state index < -0.39 is 0 Å². The van der Waals surface area contributed by atoms with Crippen LogP contribution < -0.4 is 9.47 Å². The molecule has 6 heteroatoms. The fourth-order valence-corrected chi connectivity index (χ4v) is 4.24. The predicted molar refractivity (Wildman–Crippen MR) is 133 cm³/mol. The molecule has 0 N–H and O–H groups in total. The summed E-state index contributed by atoms with van der Waals surface area (Å²) in [6, 6.07) is 16.1. The number of esters is 2. The summed E-state index contributed by atoms with van der Waals surface area (Å²) < 4.78 is 22.2. The van der Waals surface area contributed by atoms with Gasteiger partial charge in [-0.05, 0) is 67.5 Å². The van der Waals surface area contributed by atoms with Crippen LogP contribution in [0.25, 0.3) is 11.1 Å². The molecule has 0 saturated carbocycles. The number of hydrogen-bond donors (Lipinski definition) is 0. The smallest absolute Gasteiger partial charge is 0.333 e. The second kappa shape index (κ2) is 11.7. The molecule has 2 saturated heterocycles. The normalized spacial score (nSPS) is 19.5. The number of benzene rings is 2. The van der Waals surface area contributed by atoms with Crippen LogP contribution in [0.15, 0.2) is 72.8 Å². The van der Waals surface area contributed by atoms with Crippen LogP contribution in [-0.2, 0) is 19.1 Å². The number of hydrogen-bond acceptors (Lipinski definition) is 6. The largest absolute Gasteiger partial charge is 0.494 e. The van der Waals surface area contributed by atoms with E-state index >= 15 is 0 Å². The van der Waals surface area contributed by atoms with Gasteiger partial charge >= 0.3 is 11.9 Å². The lowest BCUT2D eigenvalue weighted by Crippen LogP contribution is -2.09. The second-order valence-electron chi connectivity index (χ2n) is 9.05. The first-order chi connectivity index (χ1) is 17.0. The number of ether oxygens (including phenoxy) is 4. The number of cyclic esters (lactones) is 2. The van der Waals surface area contributed by atoms with Crippen LogP contribution in [0.3, 0.4) is 0 Å². The van der Waals surface area contributed by atoms with Crippen molar-refractivity contribution in [2.24, 2.45) is 0 Å². The summed E-state index contributed by atoms with van der Waals surface area (Å²) in [5.41, 5.74) is 3.34. The van der Waals surface area contributed by atoms with E-state index in [1.54, 1.807) is 0 Å². The van der Waals surface area contributed by atoms with Crippen molar-refractivity contribution in [3.8, 4) is 22.6 Å². The van der Waals surface area contributed by atoms with Gasteiger partial charge < -0.3 is 18.9 Å². The first kappa shape index (κ1) is 24.6. The number of unbranched alkanes of at least 4 members (excludes halogenated alkanes) is 1. The zero-order valence-electron chi connectivity index (χ0n) is 20.0. The molecule has 0 radical (unpaired) electrons. The Morgan fingerprint density at radius 1 is 0.657 bits per heavy atom. The van der Waals surface area contributed by atoms with E-state index in [1.165, 1.54) is 0 Å². The Morgan fingerprint density at radius 2 is 1.09 bits per heavy atom. The molecule has 4 rings (SSSR count). The molecule has 2 heterocycles. The summed E-state index contributed by atoms with van der Waals surface area (Å²) in [4.78, 5) is 22.7. The molecule has 2 aromatic rings. The van der Waals surface area contributed by atoms with Crippen molar-refractivity contribution in [2.45, 2.75) is 57.2 Å². The average molecular weight is 477 g/mol. The molecule has 0 spiro atoms. The third-order valence-corrected chi connectivity index (χ3v) is 6.24. The maximum atomic E-state index is 11.4.